The van der Waals surface area contributed by atoms with Crippen molar-refractivity contribution in [1.82, 2.24) is 5.32 Å². The molecule has 0 aromatic heterocycles. The van der Waals surface area contributed by atoms with Gasteiger partial charge in [0.05, 0.1) is 6.61 Å². The van der Waals surface area contributed by atoms with E-state index in [1.807, 2.05) is 23.9 Å². The number of halogens is 1. The Balaban J connectivity index is 1.94. The van der Waals surface area contributed by atoms with Crippen LogP contribution in [0.15, 0.2) is 29.2 Å². The van der Waals surface area contributed by atoms with Crippen LogP contribution in [-0.4, -0.2) is 31.1 Å². The normalized spacial score (nSPS) is 24.1. The molecule has 0 spiro atoms. The Labute approximate surface area is 118 Å². The van der Waals surface area contributed by atoms with E-state index in [0.29, 0.717) is 11.3 Å². The predicted molar refractivity (Wildman–Crippen MR) is 78.6 cm³/mol. The first-order chi connectivity index (χ1) is 8.79. The van der Waals surface area contributed by atoms with Crippen molar-refractivity contribution in [2.45, 2.75) is 36.0 Å². The summed E-state index contributed by atoms with van der Waals surface area (Å²) in [4.78, 5) is 1.26. The van der Waals surface area contributed by atoms with Crippen molar-refractivity contribution in [3.05, 3.63) is 29.3 Å². The first-order valence-electron chi connectivity index (χ1n) is 6.53. The molecular weight excluding hydrogens is 266 g/mol. The summed E-state index contributed by atoms with van der Waals surface area (Å²) in [7, 11) is 0. The fraction of sp³-hybridized carbons (Fsp3) is 0.571. The van der Waals surface area contributed by atoms with Crippen molar-refractivity contribution in [1.29, 1.82) is 0 Å². The van der Waals surface area contributed by atoms with Crippen molar-refractivity contribution in [2.24, 2.45) is 0 Å². The van der Waals surface area contributed by atoms with Gasteiger partial charge in [-0.25, -0.2) is 0 Å². The number of benzene rings is 1. The van der Waals surface area contributed by atoms with E-state index in [4.69, 9.17) is 16.3 Å². The lowest BCUT2D eigenvalue weighted by Gasteiger charge is -2.31. The number of nitrogens with one attached hydrogen (secondary N) is 1. The molecule has 4 heteroatoms. The molecule has 0 saturated carbocycles. The second kappa shape index (κ2) is 7.39. The number of hydrogen-bond donors (Lipinski definition) is 1. The van der Waals surface area contributed by atoms with Gasteiger partial charge in [-0.3, -0.25) is 0 Å². The van der Waals surface area contributed by atoms with Gasteiger partial charge in [0.1, 0.15) is 0 Å². The first-order valence-corrected chi connectivity index (χ1v) is 7.78. The highest BCUT2D eigenvalue weighted by Gasteiger charge is 2.25. The van der Waals surface area contributed by atoms with Gasteiger partial charge in [-0.2, -0.15) is 0 Å². The van der Waals surface area contributed by atoms with Crippen molar-refractivity contribution in [3.63, 3.8) is 0 Å². The van der Waals surface area contributed by atoms with Gasteiger partial charge in [0.25, 0.3) is 0 Å². The molecule has 0 radical (unpaired) electrons. The Morgan fingerprint density at radius 1 is 1.39 bits per heavy atom. The molecule has 0 aliphatic carbocycles. The Morgan fingerprint density at radius 2 is 2.17 bits per heavy atom. The molecule has 1 N–H and O–H groups in total. The van der Waals surface area contributed by atoms with E-state index < -0.39 is 0 Å². The average molecular weight is 286 g/mol. The van der Waals surface area contributed by atoms with Crippen LogP contribution < -0.4 is 5.32 Å². The average Bonchev–Trinajstić information content (AvgIpc) is 2.40. The summed E-state index contributed by atoms with van der Waals surface area (Å²) in [5.74, 6) is 0. The molecule has 18 heavy (non-hydrogen) atoms. The highest BCUT2D eigenvalue weighted by atomic mass is 35.5. The van der Waals surface area contributed by atoms with Crippen molar-refractivity contribution >= 4 is 23.4 Å². The minimum atomic E-state index is 0.492. The zero-order valence-corrected chi connectivity index (χ0v) is 12.3. The van der Waals surface area contributed by atoms with E-state index in [-0.39, 0.29) is 0 Å². The Morgan fingerprint density at radius 3 is 2.89 bits per heavy atom. The number of ether oxygens (including phenoxy) is 1. The van der Waals surface area contributed by atoms with Gasteiger partial charge in [-0.05, 0) is 43.7 Å². The third-order valence-electron chi connectivity index (χ3n) is 3.06. The summed E-state index contributed by atoms with van der Waals surface area (Å²) in [6.45, 7) is 4.99. The van der Waals surface area contributed by atoms with Gasteiger partial charge in [-0.1, -0.05) is 18.5 Å². The van der Waals surface area contributed by atoms with Crippen LogP contribution in [-0.2, 0) is 4.74 Å². The van der Waals surface area contributed by atoms with Crippen LogP contribution in [0.3, 0.4) is 0 Å². The predicted octanol–water partition coefficient (Wildman–Crippen LogP) is 3.59. The van der Waals surface area contributed by atoms with Crippen LogP contribution in [0, 0.1) is 0 Å². The summed E-state index contributed by atoms with van der Waals surface area (Å²) in [5.41, 5.74) is 0. The van der Waals surface area contributed by atoms with Crippen LogP contribution in [0.25, 0.3) is 0 Å². The molecular formula is C14H20ClNOS. The monoisotopic (exact) mass is 285 g/mol. The zero-order chi connectivity index (χ0) is 12.8. The largest absolute Gasteiger partial charge is 0.380 e. The maximum atomic E-state index is 5.91. The maximum Gasteiger partial charge on any atom is 0.0603 e. The van der Waals surface area contributed by atoms with Crippen molar-refractivity contribution in [3.8, 4) is 0 Å². The topological polar surface area (TPSA) is 21.3 Å². The van der Waals surface area contributed by atoms with Gasteiger partial charge in [0, 0.05) is 27.8 Å². The number of thioether (sulfide) groups is 1. The zero-order valence-electron chi connectivity index (χ0n) is 10.7. The first kappa shape index (κ1) is 14.2. The number of hydrogen-bond acceptors (Lipinski definition) is 3. The fourth-order valence-corrected chi connectivity index (χ4v) is 3.41. The van der Waals surface area contributed by atoms with E-state index in [1.54, 1.807) is 0 Å². The minimum absolute atomic E-state index is 0.492. The molecule has 1 aliphatic rings. The molecule has 2 unspecified atom stereocenters. The molecule has 1 aliphatic heterocycles. The highest BCUT2D eigenvalue weighted by molar-refractivity contribution is 8.00. The van der Waals surface area contributed by atoms with Crippen LogP contribution in [0.1, 0.15) is 19.8 Å². The van der Waals surface area contributed by atoms with E-state index in [2.05, 4.69) is 24.4 Å². The molecule has 1 saturated heterocycles. The summed E-state index contributed by atoms with van der Waals surface area (Å²) < 4.78 is 5.60. The molecule has 1 heterocycles. The molecule has 0 bridgehead atoms. The van der Waals surface area contributed by atoms with Crippen LogP contribution in [0.4, 0.5) is 0 Å². The summed E-state index contributed by atoms with van der Waals surface area (Å²) >= 11 is 7.79. The molecule has 2 atom stereocenters. The van der Waals surface area contributed by atoms with E-state index >= 15 is 0 Å². The van der Waals surface area contributed by atoms with E-state index in [0.717, 1.165) is 31.2 Å². The fourth-order valence-electron chi connectivity index (χ4n) is 2.08. The Bertz CT molecular complexity index is 357. The van der Waals surface area contributed by atoms with Crippen molar-refractivity contribution < 1.29 is 4.74 Å². The maximum absolute atomic E-state index is 5.91. The number of rotatable bonds is 5. The Hall–Kier alpha value is -0.220. The third-order valence-corrected chi connectivity index (χ3v) is 4.63. The van der Waals surface area contributed by atoms with Gasteiger partial charge in [0.2, 0.25) is 0 Å². The molecule has 1 aromatic rings. The summed E-state index contributed by atoms with van der Waals surface area (Å²) in [5, 5.41) is 4.91. The standard InChI is InChI=1S/C14H20ClNOS/c1-2-8-16-13-7-9-17-10-14(13)18-12-5-3-11(15)4-6-12/h3-6,13-14,16H,2,7-10H2,1H3. The van der Waals surface area contributed by atoms with Gasteiger partial charge < -0.3 is 10.1 Å². The van der Waals surface area contributed by atoms with Gasteiger partial charge in [-0.15, -0.1) is 11.8 Å². The van der Waals surface area contributed by atoms with E-state index in [1.165, 1.54) is 11.3 Å². The SMILES string of the molecule is CCCNC1CCOCC1Sc1ccc(Cl)cc1. The van der Waals surface area contributed by atoms with Gasteiger partial charge >= 0.3 is 0 Å². The molecule has 0 amide bonds. The van der Waals surface area contributed by atoms with Crippen LogP contribution in [0.2, 0.25) is 5.02 Å². The van der Waals surface area contributed by atoms with Crippen LogP contribution >= 0.6 is 23.4 Å². The Kier molecular flexibility index (Phi) is 5.83. The smallest absolute Gasteiger partial charge is 0.0603 e. The molecule has 1 aromatic carbocycles. The summed E-state index contributed by atoms with van der Waals surface area (Å²) in [6, 6.07) is 8.61. The molecule has 1 fully saturated rings. The molecule has 2 nitrogen and oxygen atoms in total. The molecule has 100 valence electrons. The molecule has 2 rings (SSSR count). The quantitative estimate of drug-likeness (QED) is 0.893. The second-order valence-corrected chi connectivity index (χ2v) is 6.28. The lowest BCUT2D eigenvalue weighted by molar-refractivity contribution is 0.0833. The second-order valence-electron chi connectivity index (χ2n) is 4.53. The lowest BCUT2D eigenvalue weighted by atomic mass is 10.1. The van der Waals surface area contributed by atoms with Gasteiger partial charge in [0.15, 0.2) is 0 Å². The van der Waals surface area contributed by atoms with Crippen molar-refractivity contribution in [2.75, 3.05) is 19.8 Å². The lowest BCUT2D eigenvalue weighted by Crippen LogP contribution is -2.45. The third kappa shape index (κ3) is 4.16. The van der Waals surface area contributed by atoms with Crippen LogP contribution in [0.5, 0.6) is 0 Å². The van der Waals surface area contributed by atoms with E-state index in [9.17, 15) is 0 Å². The summed E-state index contributed by atoms with van der Waals surface area (Å²) in [6.07, 6.45) is 2.28. The highest BCUT2D eigenvalue weighted by Crippen LogP contribution is 2.29. The minimum Gasteiger partial charge on any atom is -0.380 e.